The van der Waals surface area contributed by atoms with Crippen molar-refractivity contribution in [2.75, 3.05) is 26.2 Å². The molecule has 0 unspecified atom stereocenters. The molecule has 7 heteroatoms. The number of benzene rings is 1. The number of rotatable bonds is 5. The first-order valence-electron chi connectivity index (χ1n) is 13.9. The number of nitrogens with zero attached hydrogens (tertiary/aromatic N) is 2. The zero-order chi connectivity index (χ0) is 26.2. The van der Waals surface area contributed by atoms with Crippen LogP contribution in [0.2, 0.25) is 0 Å². The molecule has 1 aromatic carbocycles. The lowest BCUT2D eigenvalue weighted by atomic mass is 9.85. The Bertz CT molecular complexity index is 1110. The van der Waals surface area contributed by atoms with Crippen LogP contribution in [0, 0.1) is 6.92 Å². The minimum absolute atomic E-state index is 0.0529. The molecule has 1 aliphatic carbocycles. The molecule has 3 heterocycles. The maximum atomic E-state index is 13.3. The highest BCUT2D eigenvalue weighted by atomic mass is 32.1. The van der Waals surface area contributed by atoms with Gasteiger partial charge in [0.05, 0.1) is 10.9 Å². The van der Waals surface area contributed by atoms with Crippen molar-refractivity contribution in [3.05, 3.63) is 46.3 Å². The van der Waals surface area contributed by atoms with Crippen LogP contribution < -0.4 is 5.32 Å². The van der Waals surface area contributed by atoms with Gasteiger partial charge >= 0.3 is 6.09 Å². The summed E-state index contributed by atoms with van der Waals surface area (Å²) < 4.78 is 5.37. The number of carbonyl (C=O) groups excluding carboxylic acids is 2. The third-order valence-electron chi connectivity index (χ3n) is 8.10. The Morgan fingerprint density at radius 3 is 2.32 bits per heavy atom. The summed E-state index contributed by atoms with van der Waals surface area (Å²) in [5.41, 5.74) is 3.10. The summed E-state index contributed by atoms with van der Waals surface area (Å²) in [5, 5.41) is 2.91. The monoisotopic (exact) mass is 523 g/mol. The number of likely N-dealkylation sites (tertiary alicyclic amines) is 2. The fraction of sp³-hybridized carbons (Fsp3) is 0.600. The molecule has 2 saturated heterocycles. The summed E-state index contributed by atoms with van der Waals surface area (Å²) in [6.45, 7) is 11.2. The van der Waals surface area contributed by atoms with E-state index < -0.39 is 11.7 Å². The Kier molecular flexibility index (Phi) is 7.64. The zero-order valence-electron chi connectivity index (χ0n) is 22.7. The van der Waals surface area contributed by atoms with E-state index in [4.69, 9.17) is 4.74 Å². The number of amides is 2. The van der Waals surface area contributed by atoms with Crippen molar-refractivity contribution in [1.82, 2.24) is 15.1 Å². The highest BCUT2D eigenvalue weighted by molar-refractivity contribution is 7.17. The van der Waals surface area contributed by atoms with Crippen LogP contribution in [0.4, 0.5) is 4.79 Å². The van der Waals surface area contributed by atoms with Gasteiger partial charge in [0.15, 0.2) is 0 Å². The van der Waals surface area contributed by atoms with E-state index in [1.807, 2.05) is 32.6 Å². The van der Waals surface area contributed by atoms with E-state index in [2.05, 4.69) is 40.5 Å². The Hall–Kier alpha value is -2.38. The van der Waals surface area contributed by atoms with Crippen LogP contribution in [0.25, 0.3) is 10.4 Å². The molecule has 1 aromatic heterocycles. The van der Waals surface area contributed by atoms with Gasteiger partial charge in [-0.3, -0.25) is 4.79 Å². The Morgan fingerprint density at radius 1 is 1.00 bits per heavy atom. The molecule has 2 aromatic rings. The molecular formula is C30H41N3O3S. The predicted molar refractivity (Wildman–Crippen MR) is 149 cm³/mol. The maximum Gasteiger partial charge on any atom is 0.407 e. The van der Waals surface area contributed by atoms with E-state index in [1.54, 1.807) is 11.3 Å². The first kappa shape index (κ1) is 26.2. The van der Waals surface area contributed by atoms with Crippen molar-refractivity contribution >= 4 is 23.3 Å². The average molecular weight is 524 g/mol. The highest BCUT2D eigenvalue weighted by Crippen LogP contribution is 2.36. The summed E-state index contributed by atoms with van der Waals surface area (Å²) in [4.78, 5) is 31.9. The third kappa shape index (κ3) is 6.20. The summed E-state index contributed by atoms with van der Waals surface area (Å²) in [6, 6.07) is 12.0. The molecule has 0 spiro atoms. The largest absolute Gasteiger partial charge is 0.444 e. The van der Waals surface area contributed by atoms with E-state index in [9.17, 15) is 9.59 Å². The smallest absolute Gasteiger partial charge is 0.407 e. The van der Waals surface area contributed by atoms with Crippen LogP contribution in [-0.2, 0) is 4.74 Å². The molecule has 2 aliphatic heterocycles. The van der Waals surface area contributed by atoms with Gasteiger partial charge in [-0.1, -0.05) is 30.7 Å². The van der Waals surface area contributed by atoms with Gasteiger partial charge in [-0.15, -0.1) is 11.3 Å². The molecule has 0 radical (unpaired) electrons. The molecule has 3 fully saturated rings. The van der Waals surface area contributed by atoms with Crippen LogP contribution in [0.15, 0.2) is 30.3 Å². The van der Waals surface area contributed by atoms with Crippen LogP contribution in [0.1, 0.15) is 86.0 Å². The number of ether oxygens (including phenoxy) is 1. The molecule has 1 saturated carbocycles. The Labute approximate surface area is 225 Å². The molecule has 6 nitrogen and oxygen atoms in total. The molecule has 1 atom stereocenters. The number of alkyl carbamates (subject to hydrolysis) is 1. The number of hydrogen-bond donors (Lipinski definition) is 1. The second kappa shape index (κ2) is 10.8. The fourth-order valence-electron chi connectivity index (χ4n) is 5.79. The van der Waals surface area contributed by atoms with Gasteiger partial charge in [0, 0.05) is 24.0 Å². The number of carbonyl (C=O) groups is 2. The molecule has 200 valence electrons. The van der Waals surface area contributed by atoms with Crippen LogP contribution in [0.5, 0.6) is 0 Å². The van der Waals surface area contributed by atoms with Crippen LogP contribution in [-0.4, -0.2) is 65.7 Å². The van der Waals surface area contributed by atoms with E-state index in [-0.39, 0.29) is 11.9 Å². The van der Waals surface area contributed by atoms with Crippen LogP contribution >= 0.6 is 11.3 Å². The summed E-state index contributed by atoms with van der Waals surface area (Å²) in [7, 11) is 0. The number of nitrogens with one attached hydrogen (secondary N) is 1. The topological polar surface area (TPSA) is 61.9 Å². The normalized spacial score (nSPS) is 21.6. The van der Waals surface area contributed by atoms with E-state index in [1.165, 1.54) is 56.3 Å². The van der Waals surface area contributed by atoms with Crippen molar-refractivity contribution in [3.63, 3.8) is 0 Å². The first-order valence-corrected chi connectivity index (χ1v) is 14.7. The molecule has 37 heavy (non-hydrogen) atoms. The van der Waals surface area contributed by atoms with E-state index in [0.717, 1.165) is 27.8 Å². The maximum absolute atomic E-state index is 13.3. The number of piperidine rings is 1. The summed E-state index contributed by atoms with van der Waals surface area (Å²) >= 11 is 1.57. The van der Waals surface area contributed by atoms with Gasteiger partial charge in [0.1, 0.15) is 5.60 Å². The number of hydrogen-bond acceptors (Lipinski definition) is 5. The van der Waals surface area contributed by atoms with E-state index >= 15 is 0 Å². The summed E-state index contributed by atoms with van der Waals surface area (Å²) in [6.07, 6.45) is 7.03. The third-order valence-corrected chi connectivity index (χ3v) is 9.37. The van der Waals surface area contributed by atoms with Gasteiger partial charge in [0.2, 0.25) is 0 Å². The molecule has 2 amide bonds. The van der Waals surface area contributed by atoms with Crippen molar-refractivity contribution in [2.24, 2.45) is 0 Å². The minimum atomic E-state index is -0.534. The number of thiophene rings is 1. The quantitative estimate of drug-likeness (QED) is 0.507. The molecule has 1 N–H and O–H groups in total. The Morgan fingerprint density at radius 2 is 1.70 bits per heavy atom. The predicted octanol–water partition coefficient (Wildman–Crippen LogP) is 6.19. The summed E-state index contributed by atoms with van der Waals surface area (Å²) in [5.74, 6) is 0.710. The van der Waals surface area contributed by atoms with Crippen molar-refractivity contribution < 1.29 is 14.3 Å². The van der Waals surface area contributed by atoms with Crippen molar-refractivity contribution in [1.29, 1.82) is 0 Å². The molecule has 5 rings (SSSR count). The lowest BCUT2D eigenvalue weighted by Crippen LogP contribution is -2.44. The molecule has 3 aliphatic rings. The van der Waals surface area contributed by atoms with E-state index in [0.29, 0.717) is 19.0 Å². The SMILES string of the molecule is Cc1cc(-c2ccc(C3CCN(C4CCC4)CC3)cc2)sc1C(=O)N1CC[C@H](NC(=O)OC(C)(C)C)C1. The first-order chi connectivity index (χ1) is 17.7. The van der Waals surface area contributed by atoms with Gasteiger partial charge in [-0.05, 0) is 102 Å². The lowest BCUT2D eigenvalue weighted by molar-refractivity contribution is 0.0502. The Balaban J connectivity index is 1.17. The van der Waals surface area contributed by atoms with Gasteiger partial charge in [0.25, 0.3) is 5.91 Å². The highest BCUT2D eigenvalue weighted by Gasteiger charge is 2.31. The second-order valence-electron chi connectivity index (χ2n) is 12.0. The van der Waals surface area contributed by atoms with Crippen molar-refractivity contribution in [2.45, 2.75) is 89.8 Å². The molecule has 0 bridgehead atoms. The molecular weight excluding hydrogens is 482 g/mol. The van der Waals surface area contributed by atoms with Crippen LogP contribution in [0.3, 0.4) is 0 Å². The second-order valence-corrected chi connectivity index (χ2v) is 13.1. The van der Waals surface area contributed by atoms with Crippen molar-refractivity contribution in [3.8, 4) is 10.4 Å². The lowest BCUT2D eigenvalue weighted by Gasteiger charge is -2.42. The van der Waals surface area contributed by atoms with Gasteiger partial charge in [-0.2, -0.15) is 0 Å². The standard InChI is InChI=1S/C30H41N3O3S/c1-20-18-26(23-10-8-21(9-11-23)22-12-15-32(16-13-22)25-6-5-7-25)37-27(20)28(34)33-17-14-24(19-33)31-29(35)36-30(2,3)4/h8-11,18,22,24-25H,5-7,12-17,19H2,1-4H3,(H,31,35)/t24-/m0/s1. The average Bonchev–Trinajstić information content (AvgIpc) is 3.43. The minimum Gasteiger partial charge on any atom is -0.444 e. The number of aryl methyl sites for hydroxylation is 1. The zero-order valence-corrected chi connectivity index (χ0v) is 23.5. The van der Waals surface area contributed by atoms with Gasteiger partial charge < -0.3 is 19.9 Å². The van der Waals surface area contributed by atoms with Gasteiger partial charge in [-0.25, -0.2) is 4.79 Å². The fourth-order valence-corrected chi connectivity index (χ4v) is 6.93.